The Balaban J connectivity index is 1.72. The number of halogens is 1. The Morgan fingerprint density at radius 2 is 1.85 bits per heavy atom. The van der Waals surface area contributed by atoms with Crippen LogP contribution in [0.1, 0.15) is 28.8 Å². The third-order valence-corrected chi connectivity index (χ3v) is 4.75. The molecule has 0 bridgehead atoms. The minimum atomic E-state index is -1.35. The van der Waals surface area contributed by atoms with Gasteiger partial charge in [0.1, 0.15) is 5.75 Å². The number of aliphatic carboxylic acids is 1. The first-order chi connectivity index (χ1) is 12.4. The van der Waals surface area contributed by atoms with E-state index in [1.807, 2.05) is 6.92 Å². The number of carboxylic acids is 1. The number of carbonyl (C=O) groups excluding carboxylic acids is 1. The maximum atomic E-state index is 12.6. The summed E-state index contributed by atoms with van der Waals surface area (Å²) < 4.78 is 5.80. The zero-order chi connectivity index (χ0) is 18.7. The molecule has 7 heteroatoms. The van der Waals surface area contributed by atoms with Gasteiger partial charge in [-0.05, 0) is 42.8 Å². The first-order valence-electron chi connectivity index (χ1n) is 8.28. The van der Waals surface area contributed by atoms with Crippen molar-refractivity contribution in [3.63, 3.8) is 0 Å². The third kappa shape index (κ3) is 3.80. The Morgan fingerprint density at radius 1 is 1.19 bits per heavy atom. The number of ether oxygens (including phenoxy) is 1. The second-order valence-electron chi connectivity index (χ2n) is 6.40. The molecular formula is C19H19ClN2O4. The van der Waals surface area contributed by atoms with Gasteiger partial charge in [0.25, 0.3) is 5.91 Å². The molecule has 2 aromatic rings. The first kappa shape index (κ1) is 18.2. The Bertz CT molecular complexity index is 815. The highest BCUT2D eigenvalue weighted by atomic mass is 35.5. The van der Waals surface area contributed by atoms with E-state index in [-0.39, 0.29) is 18.7 Å². The summed E-state index contributed by atoms with van der Waals surface area (Å²) in [6.45, 7) is 2.47. The van der Waals surface area contributed by atoms with Crippen molar-refractivity contribution in [3.05, 3.63) is 58.9 Å². The van der Waals surface area contributed by atoms with Crippen molar-refractivity contribution in [2.75, 3.05) is 13.1 Å². The second-order valence-corrected chi connectivity index (χ2v) is 6.84. The number of nitrogens with zero attached hydrogens (tertiary/aromatic N) is 2. The number of piperidine rings is 1. The van der Waals surface area contributed by atoms with Gasteiger partial charge < -0.3 is 14.7 Å². The molecule has 1 N–H and O–H groups in total. The molecule has 2 heterocycles. The molecule has 1 saturated heterocycles. The number of pyridine rings is 1. The molecular weight excluding hydrogens is 356 g/mol. The predicted octanol–water partition coefficient (Wildman–Crippen LogP) is 3.18. The van der Waals surface area contributed by atoms with Crippen LogP contribution in [0.3, 0.4) is 0 Å². The van der Waals surface area contributed by atoms with Crippen LogP contribution in [-0.4, -0.2) is 45.6 Å². The van der Waals surface area contributed by atoms with Gasteiger partial charge in [0.15, 0.2) is 0 Å². The fourth-order valence-corrected chi connectivity index (χ4v) is 3.14. The summed E-state index contributed by atoms with van der Waals surface area (Å²) in [6.07, 6.45) is 3.62. The number of aryl methyl sites for hydroxylation is 1. The lowest BCUT2D eigenvalue weighted by molar-refractivity contribution is -0.159. The average molecular weight is 375 g/mol. The molecule has 1 aliphatic rings. The van der Waals surface area contributed by atoms with Gasteiger partial charge in [-0.3, -0.25) is 9.78 Å². The summed E-state index contributed by atoms with van der Waals surface area (Å²) in [5.41, 5.74) is 0.0559. The van der Waals surface area contributed by atoms with E-state index < -0.39 is 11.6 Å². The van der Waals surface area contributed by atoms with Crippen LogP contribution in [-0.2, 0) is 4.79 Å². The number of likely N-dealkylation sites (tertiary alicyclic amines) is 1. The van der Waals surface area contributed by atoms with Crippen LogP contribution in [0.25, 0.3) is 0 Å². The summed E-state index contributed by atoms with van der Waals surface area (Å²) >= 11 is 5.85. The zero-order valence-corrected chi connectivity index (χ0v) is 15.1. The van der Waals surface area contributed by atoms with Crippen molar-refractivity contribution < 1.29 is 19.4 Å². The average Bonchev–Trinajstić information content (AvgIpc) is 2.63. The van der Waals surface area contributed by atoms with Crippen molar-refractivity contribution in [3.8, 4) is 5.75 Å². The summed E-state index contributed by atoms with van der Waals surface area (Å²) in [5.74, 6) is -0.733. The van der Waals surface area contributed by atoms with E-state index in [0.717, 1.165) is 5.56 Å². The van der Waals surface area contributed by atoms with E-state index in [4.69, 9.17) is 16.3 Å². The summed E-state index contributed by atoms with van der Waals surface area (Å²) in [4.78, 5) is 30.2. The van der Waals surface area contributed by atoms with Crippen LogP contribution in [0.4, 0.5) is 0 Å². The summed E-state index contributed by atoms with van der Waals surface area (Å²) in [5, 5.41) is 10.3. The monoisotopic (exact) mass is 374 g/mol. The number of carboxylic acid groups (broad SMARTS) is 1. The van der Waals surface area contributed by atoms with Gasteiger partial charge in [0, 0.05) is 43.3 Å². The normalized spacial score (nSPS) is 16.2. The van der Waals surface area contributed by atoms with E-state index >= 15 is 0 Å². The number of carbonyl (C=O) groups is 2. The van der Waals surface area contributed by atoms with Gasteiger partial charge in [-0.2, -0.15) is 0 Å². The topological polar surface area (TPSA) is 79.7 Å². The largest absolute Gasteiger partial charge is 0.478 e. The van der Waals surface area contributed by atoms with Gasteiger partial charge in [-0.25, -0.2) is 4.79 Å². The molecule has 1 aromatic heterocycles. The lowest BCUT2D eigenvalue weighted by atomic mass is 9.90. The highest BCUT2D eigenvalue weighted by Crippen LogP contribution is 2.30. The molecule has 1 aromatic carbocycles. The van der Waals surface area contributed by atoms with Gasteiger partial charge in [0.05, 0.1) is 5.56 Å². The smallest absolute Gasteiger partial charge is 0.348 e. The van der Waals surface area contributed by atoms with E-state index in [1.165, 1.54) is 6.20 Å². The van der Waals surface area contributed by atoms with Crippen molar-refractivity contribution in [1.29, 1.82) is 0 Å². The SMILES string of the molecule is Cc1cncc(C(=O)N2CCC(Oc3ccc(Cl)cc3)(C(=O)O)CC2)c1. The van der Waals surface area contributed by atoms with Crippen LogP contribution in [0, 0.1) is 6.92 Å². The standard InChI is InChI=1S/C19H19ClN2O4/c1-13-10-14(12-21-11-13)17(23)22-8-6-19(7-9-22,18(24)25)26-16-4-2-15(20)3-5-16/h2-5,10-12H,6-9H2,1H3,(H,24,25). The second kappa shape index (κ2) is 7.33. The van der Waals surface area contributed by atoms with Crippen molar-refractivity contribution >= 4 is 23.5 Å². The van der Waals surface area contributed by atoms with Crippen molar-refractivity contribution in [2.45, 2.75) is 25.4 Å². The minimum Gasteiger partial charge on any atom is -0.478 e. The maximum Gasteiger partial charge on any atom is 0.348 e. The summed E-state index contributed by atoms with van der Waals surface area (Å²) in [7, 11) is 0. The van der Waals surface area contributed by atoms with Crippen LogP contribution >= 0.6 is 11.6 Å². The molecule has 0 unspecified atom stereocenters. The molecule has 1 amide bonds. The number of benzene rings is 1. The Kier molecular flexibility index (Phi) is 5.13. The molecule has 0 spiro atoms. The van der Waals surface area contributed by atoms with Gasteiger partial charge >= 0.3 is 5.97 Å². The van der Waals surface area contributed by atoms with Crippen molar-refractivity contribution in [1.82, 2.24) is 9.88 Å². The lowest BCUT2D eigenvalue weighted by Crippen LogP contribution is -2.54. The van der Waals surface area contributed by atoms with E-state index in [1.54, 1.807) is 41.4 Å². The fourth-order valence-electron chi connectivity index (χ4n) is 3.01. The zero-order valence-electron chi connectivity index (χ0n) is 14.3. The van der Waals surface area contributed by atoms with Gasteiger partial charge in [0.2, 0.25) is 5.60 Å². The van der Waals surface area contributed by atoms with Crippen LogP contribution in [0.2, 0.25) is 5.02 Å². The molecule has 136 valence electrons. The maximum absolute atomic E-state index is 12.6. The van der Waals surface area contributed by atoms with Gasteiger partial charge in [-0.15, -0.1) is 0 Å². The third-order valence-electron chi connectivity index (χ3n) is 4.50. The molecule has 26 heavy (non-hydrogen) atoms. The van der Waals surface area contributed by atoms with Crippen LogP contribution in [0.5, 0.6) is 5.75 Å². The minimum absolute atomic E-state index is 0.147. The molecule has 0 radical (unpaired) electrons. The van der Waals surface area contributed by atoms with E-state index in [0.29, 0.717) is 29.4 Å². The Hall–Kier alpha value is -2.60. The molecule has 3 rings (SSSR count). The van der Waals surface area contributed by atoms with Crippen LogP contribution in [0.15, 0.2) is 42.7 Å². The molecule has 6 nitrogen and oxygen atoms in total. The predicted molar refractivity (Wildman–Crippen MR) is 96.6 cm³/mol. The molecule has 1 aliphatic heterocycles. The molecule has 0 aliphatic carbocycles. The first-order valence-corrected chi connectivity index (χ1v) is 8.66. The van der Waals surface area contributed by atoms with Crippen molar-refractivity contribution in [2.24, 2.45) is 0 Å². The highest BCUT2D eigenvalue weighted by Gasteiger charge is 2.45. The number of aromatic nitrogens is 1. The highest BCUT2D eigenvalue weighted by molar-refractivity contribution is 6.30. The van der Waals surface area contributed by atoms with Crippen LogP contribution < -0.4 is 4.74 Å². The number of amides is 1. The summed E-state index contributed by atoms with van der Waals surface area (Å²) in [6, 6.07) is 8.36. The number of hydrogen-bond donors (Lipinski definition) is 1. The Labute approximate surface area is 156 Å². The number of rotatable bonds is 4. The molecule has 0 saturated carbocycles. The molecule has 1 fully saturated rings. The van der Waals surface area contributed by atoms with E-state index in [9.17, 15) is 14.7 Å². The fraction of sp³-hybridized carbons (Fsp3) is 0.316. The quantitative estimate of drug-likeness (QED) is 0.889. The number of hydrogen-bond acceptors (Lipinski definition) is 4. The lowest BCUT2D eigenvalue weighted by Gasteiger charge is -2.38. The molecule has 0 atom stereocenters. The Morgan fingerprint density at radius 3 is 2.42 bits per heavy atom. The van der Waals surface area contributed by atoms with E-state index in [2.05, 4.69) is 4.98 Å². The van der Waals surface area contributed by atoms with Gasteiger partial charge in [-0.1, -0.05) is 11.6 Å².